The fourth-order valence-electron chi connectivity index (χ4n) is 1.48. The molecule has 0 bridgehead atoms. The summed E-state index contributed by atoms with van der Waals surface area (Å²) in [7, 11) is 0. The lowest BCUT2D eigenvalue weighted by molar-refractivity contribution is 0.427. The van der Waals surface area contributed by atoms with Crippen LogP contribution in [0.3, 0.4) is 0 Å². The molecule has 0 saturated carbocycles. The number of benzene rings is 1. The van der Waals surface area contributed by atoms with Gasteiger partial charge in [-0.3, -0.25) is 0 Å². The molecule has 1 aromatic carbocycles. The van der Waals surface area contributed by atoms with Crippen LogP contribution in [0.4, 0.5) is 8.78 Å². The van der Waals surface area contributed by atoms with Gasteiger partial charge < -0.3 is 5.32 Å². The van der Waals surface area contributed by atoms with Gasteiger partial charge >= 0.3 is 0 Å². The lowest BCUT2D eigenvalue weighted by Gasteiger charge is -2.27. The molecule has 0 amide bonds. The first-order valence-corrected chi connectivity index (χ1v) is 4.34. The van der Waals surface area contributed by atoms with Gasteiger partial charge in [0.25, 0.3) is 0 Å². The summed E-state index contributed by atoms with van der Waals surface area (Å²) in [4.78, 5) is 0. The highest BCUT2D eigenvalue weighted by atomic mass is 19.1. The van der Waals surface area contributed by atoms with E-state index in [1.165, 1.54) is 12.1 Å². The van der Waals surface area contributed by atoms with Crippen LogP contribution in [0.15, 0.2) is 12.1 Å². The zero-order valence-electron chi connectivity index (χ0n) is 7.40. The van der Waals surface area contributed by atoms with E-state index in [1.54, 1.807) is 6.92 Å². The Kier molecular flexibility index (Phi) is 2.04. The largest absolute Gasteiger partial charge is 0.315 e. The zero-order chi connectivity index (χ0) is 9.42. The van der Waals surface area contributed by atoms with E-state index in [4.69, 9.17) is 0 Å². The van der Waals surface area contributed by atoms with Crippen LogP contribution in [0.5, 0.6) is 0 Å². The van der Waals surface area contributed by atoms with Gasteiger partial charge in [0.2, 0.25) is 0 Å². The van der Waals surface area contributed by atoms with Crippen molar-refractivity contribution in [1.82, 2.24) is 5.32 Å². The Morgan fingerprint density at radius 2 is 1.92 bits per heavy atom. The Bertz CT molecular complexity index is 332. The van der Waals surface area contributed by atoms with Crippen molar-refractivity contribution in [2.45, 2.75) is 12.8 Å². The molecule has 0 spiro atoms. The average molecular weight is 183 g/mol. The lowest BCUT2D eigenvalue weighted by atomic mass is 9.92. The lowest BCUT2D eigenvalue weighted by Crippen LogP contribution is -2.40. The summed E-state index contributed by atoms with van der Waals surface area (Å²) >= 11 is 0. The Morgan fingerprint density at radius 1 is 1.23 bits per heavy atom. The van der Waals surface area contributed by atoms with Crippen LogP contribution >= 0.6 is 0 Å². The number of hydrogen-bond acceptors (Lipinski definition) is 1. The summed E-state index contributed by atoms with van der Waals surface area (Å²) in [6.07, 6.45) is 0. The number of hydrogen-bond donors (Lipinski definition) is 1. The van der Waals surface area contributed by atoms with Gasteiger partial charge in [-0.2, -0.15) is 0 Å². The van der Waals surface area contributed by atoms with Gasteiger partial charge in [-0.05, 0) is 30.2 Å². The van der Waals surface area contributed by atoms with Gasteiger partial charge in [-0.15, -0.1) is 0 Å². The molecule has 70 valence electrons. The van der Waals surface area contributed by atoms with Gasteiger partial charge in [0.15, 0.2) is 0 Å². The van der Waals surface area contributed by atoms with Gasteiger partial charge in [0.05, 0.1) is 0 Å². The minimum absolute atomic E-state index is 0.148. The van der Waals surface area contributed by atoms with E-state index in [9.17, 15) is 8.78 Å². The van der Waals surface area contributed by atoms with Crippen LogP contribution < -0.4 is 5.32 Å². The summed E-state index contributed by atoms with van der Waals surface area (Å²) in [6, 6.07) is 2.58. The van der Waals surface area contributed by atoms with E-state index in [0.717, 1.165) is 13.1 Å². The molecular weight excluding hydrogens is 172 g/mol. The van der Waals surface area contributed by atoms with Crippen LogP contribution in [0.1, 0.15) is 17.0 Å². The van der Waals surface area contributed by atoms with Crippen LogP contribution in [0.25, 0.3) is 0 Å². The summed E-state index contributed by atoms with van der Waals surface area (Å²) in [5.41, 5.74) is 0.871. The van der Waals surface area contributed by atoms with E-state index in [-0.39, 0.29) is 17.6 Å². The molecule has 0 unspecified atom stereocenters. The quantitative estimate of drug-likeness (QED) is 0.701. The second-order valence-corrected chi connectivity index (χ2v) is 3.48. The van der Waals surface area contributed by atoms with Crippen LogP contribution in [-0.4, -0.2) is 13.1 Å². The number of rotatable bonds is 1. The van der Waals surface area contributed by atoms with Gasteiger partial charge in [0, 0.05) is 19.0 Å². The maximum atomic E-state index is 13.3. The smallest absolute Gasteiger partial charge is 0.127 e. The normalized spacial score (nSPS) is 17.2. The zero-order valence-corrected chi connectivity index (χ0v) is 7.40. The van der Waals surface area contributed by atoms with Crippen molar-refractivity contribution < 1.29 is 8.78 Å². The molecule has 0 aromatic heterocycles. The van der Waals surface area contributed by atoms with Gasteiger partial charge in [-0.25, -0.2) is 8.78 Å². The standard InChI is InChI=1S/C10H11F2N/c1-6-2-10(12)8(3-9(6)11)7-4-13-5-7/h2-3,7,13H,4-5H2,1H3. The maximum absolute atomic E-state index is 13.3. The van der Waals surface area contributed by atoms with Crippen molar-refractivity contribution >= 4 is 0 Å². The minimum Gasteiger partial charge on any atom is -0.315 e. The van der Waals surface area contributed by atoms with Crippen molar-refractivity contribution in [2.24, 2.45) is 0 Å². The SMILES string of the molecule is Cc1cc(F)c(C2CNC2)cc1F. The van der Waals surface area contributed by atoms with E-state index in [2.05, 4.69) is 5.32 Å². The topological polar surface area (TPSA) is 12.0 Å². The van der Waals surface area contributed by atoms with Crippen molar-refractivity contribution in [1.29, 1.82) is 0 Å². The molecular formula is C10H11F2N. The molecule has 13 heavy (non-hydrogen) atoms. The molecule has 0 atom stereocenters. The third-order valence-corrected chi connectivity index (χ3v) is 2.50. The van der Waals surface area contributed by atoms with Crippen LogP contribution in [-0.2, 0) is 0 Å². The Balaban J connectivity index is 2.39. The molecule has 0 aliphatic carbocycles. The number of aryl methyl sites for hydroxylation is 1. The van der Waals surface area contributed by atoms with Gasteiger partial charge in [0.1, 0.15) is 11.6 Å². The Hall–Kier alpha value is -0.960. The fraction of sp³-hybridized carbons (Fsp3) is 0.400. The predicted octanol–water partition coefficient (Wildman–Crippen LogP) is 1.96. The molecule has 2 rings (SSSR count). The monoisotopic (exact) mass is 183 g/mol. The number of nitrogens with one attached hydrogen (secondary N) is 1. The van der Waals surface area contributed by atoms with Gasteiger partial charge in [-0.1, -0.05) is 0 Å². The third-order valence-electron chi connectivity index (χ3n) is 2.50. The first-order valence-electron chi connectivity index (χ1n) is 4.34. The molecule has 1 aromatic rings. The highest BCUT2D eigenvalue weighted by molar-refractivity contribution is 5.29. The van der Waals surface area contributed by atoms with Crippen molar-refractivity contribution in [3.8, 4) is 0 Å². The Labute approximate surface area is 75.8 Å². The van der Waals surface area contributed by atoms with E-state index >= 15 is 0 Å². The van der Waals surface area contributed by atoms with E-state index in [0.29, 0.717) is 11.1 Å². The van der Waals surface area contributed by atoms with Crippen LogP contribution in [0, 0.1) is 18.6 Å². The predicted molar refractivity (Wildman–Crippen MR) is 46.7 cm³/mol. The van der Waals surface area contributed by atoms with E-state index < -0.39 is 0 Å². The van der Waals surface area contributed by atoms with E-state index in [1.807, 2.05) is 0 Å². The van der Waals surface area contributed by atoms with Crippen molar-refractivity contribution in [3.05, 3.63) is 34.9 Å². The highest BCUT2D eigenvalue weighted by Gasteiger charge is 2.22. The first kappa shape index (κ1) is 8.63. The second-order valence-electron chi connectivity index (χ2n) is 3.48. The average Bonchev–Trinajstić information content (AvgIpc) is 1.96. The Morgan fingerprint density at radius 3 is 2.46 bits per heavy atom. The van der Waals surface area contributed by atoms with Crippen LogP contribution in [0.2, 0.25) is 0 Å². The summed E-state index contributed by atoms with van der Waals surface area (Å²) < 4.78 is 26.4. The molecule has 0 radical (unpaired) electrons. The minimum atomic E-state index is -0.316. The molecule has 1 aliphatic heterocycles. The third kappa shape index (κ3) is 1.44. The summed E-state index contributed by atoms with van der Waals surface area (Å²) in [5, 5.41) is 3.03. The molecule has 1 fully saturated rings. The number of halogens is 2. The first-order chi connectivity index (χ1) is 6.18. The molecule has 1 aliphatic rings. The summed E-state index contributed by atoms with van der Waals surface area (Å²) in [5.74, 6) is -0.455. The highest BCUT2D eigenvalue weighted by Crippen LogP contribution is 2.24. The molecule has 3 heteroatoms. The fourth-order valence-corrected chi connectivity index (χ4v) is 1.48. The second kappa shape index (κ2) is 3.07. The molecule has 1 heterocycles. The molecule has 1 nitrogen and oxygen atoms in total. The molecule has 1 saturated heterocycles. The maximum Gasteiger partial charge on any atom is 0.127 e. The summed E-state index contributed by atoms with van der Waals surface area (Å²) in [6.45, 7) is 3.07. The van der Waals surface area contributed by atoms with Crippen molar-refractivity contribution in [2.75, 3.05) is 13.1 Å². The molecule has 1 N–H and O–H groups in total. The van der Waals surface area contributed by atoms with Crippen molar-refractivity contribution in [3.63, 3.8) is 0 Å².